The summed E-state index contributed by atoms with van der Waals surface area (Å²) in [6, 6.07) is 9.22. The van der Waals surface area contributed by atoms with Crippen LogP contribution in [0.1, 0.15) is 12.5 Å². The van der Waals surface area contributed by atoms with Gasteiger partial charge in [0.2, 0.25) is 0 Å². The maximum atomic E-state index is 5.40. The lowest BCUT2D eigenvalue weighted by Gasteiger charge is -2.41. The number of rotatable bonds is 5. The molecule has 0 spiro atoms. The van der Waals surface area contributed by atoms with Crippen molar-refractivity contribution in [3.05, 3.63) is 29.8 Å². The van der Waals surface area contributed by atoms with Gasteiger partial charge in [0.25, 0.3) is 0 Å². The average Bonchev–Trinajstić information content (AvgIpc) is 2.47. The molecular formula is C16H27N3O. The first-order valence-electron chi connectivity index (χ1n) is 7.36. The maximum absolute atomic E-state index is 5.40. The van der Waals surface area contributed by atoms with Gasteiger partial charge in [-0.15, -0.1) is 0 Å². The zero-order chi connectivity index (χ0) is 14.5. The predicted molar refractivity (Wildman–Crippen MR) is 83.2 cm³/mol. The highest BCUT2D eigenvalue weighted by atomic mass is 16.5. The van der Waals surface area contributed by atoms with Crippen molar-refractivity contribution in [3.63, 3.8) is 0 Å². The lowest BCUT2D eigenvalue weighted by molar-refractivity contribution is 0.0916. The number of ether oxygens (including phenoxy) is 1. The van der Waals surface area contributed by atoms with Crippen LogP contribution in [0.4, 0.5) is 0 Å². The van der Waals surface area contributed by atoms with Gasteiger partial charge in [0.05, 0.1) is 7.11 Å². The third-order valence-electron chi connectivity index (χ3n) is 4.28. The summed E-state index contributed by atoms with van der Waals surface area (Å²) in [7, 11) is 6.15. The van der Waals surface area contributed by atoms with Crippen molar-refractivity contribution < 1.29 is 4.74 Å². The van der Waals surface area contributed by atoms with Gasteiger partial charge in [0.15, 0.2) is 0 Å². The summed E-state index contributed by atoms with van der Waals surface area (Å²) in [5.41, 5.74) is 1.22. The number of para-hydroxylation sites is 1. The van der Waals surface area contributed by atoms with Crippen molar-refractivity contribution in [2.75, 3.05) is 40.8 Å². The molecule has 1 aromatic rings. The number of hydrogen-bond acceptors (Lipinski definition) is 4. The number of methoxy groups -OCH3 is 1. The quantitative estimate of drug-likeness (QED) is 0.881. The third-order valence-corrected chi connectivity index (χ3v) is 4.28. The molecule has 20 heavy (non-hydrogen) atoms. The lowest BCUT2D eigenvalue weighted by atomic mass is 10.1. The number of nitrogens with one attached hydrogen (secondary N) is 1. The van der Waals surface area contributed by atoms with Crippen LogP contribution in [0.5, 0.6) is 5.75 Å². The van der Waals surface area contributed by atoms with Crippen LogP contribution >= 0.6 is 0 Å². The van der Waals surface area contributed by atoms with Crippen LogP contribution in [-0.4, -0.2) is 62.7 Å². The molecule has 1 saturated heterocycles. The molecule has 0 radical (unpaired) electrons. The van der Waals surface area contributed by atoms with Crippen molar-refractivity contribution in [2.45, 2.75) is 25.6 Å². The highest BCUT2D eigenvalue weighted by Crippen LogP contribution is 2.17. The molecule has 2 unspecified atom stereocenters. The minimum absolute atomic E-state index is 0.452. The van der Waals surface area contributed by atoms with Crippen LogP contribution in [0.15, 0.2) is 24.3 Å². The molecule has 1 aliphatic rings. The van der Waals surface area contributed by atoms with E-state index in [0.717, 1.165) is 31.9 Å². The van der Waals surface area contributed by atoms with Gasteiger partial charge < -0.3 is 15.0 Å². The van der Waals surface area contributed by atoms with Crippen molar-refractivity contribution in [2.24, 2.45) is 0 Å². The lowest BCUT2D eigenvalue weighted by Crippen LogP contribution is -2.57. The molecule has 0 amide bonds. The molecule has 1 aromatic carbocycles. The highest BCUT2D eigenvalue weighted by molar-refractivity contribution is 5.33. The van der Waals surface area contributed by atoms with Gasteiger partial charge >= 0.3 is 0 Å². The Morgan fingerprint density at radius 2 is 2.05 bits per heavy atom. The molecule has 1 N–H and O–H groups in total. The fraction of sp³-hybridized carbons (Fsp3) is 0.625. The summed E-state index contributed by atoms with van der Waals surface area (Å²) >= 11 is 0. The second-order valence-electron chi connectivity index (χ2n) is 5.79. The average molecular weight is 277 g/mol. The molecule has 4 nitrogen and oxygen atoms in total. The normalized spacial score (nSPS) is 22.7. The number of hydrogen-bond donors (Lipinski definition) is 1. The first-order chi connectivity index (χ1) is 9.61. The molecule has 1 heterocycles. The molecule has 4 heteroatoms. The topological polar surface area (TPSA) is 27.7 Å². The van der Waals surface area contributed by atoms with Crippen LogP contribution in [0.25, 0.3) is 0 Å². The van der Waals surface area contributed by atoms with E-state index in [1.54, 1.807) is 7.11 Å². The Morgan fingerprint density at radius 3 is 2.80 bits per heavy atom. The van der Waals surface area contributed by atoms with E-state index < -0.39 is 0 Å². The van der Waals surface area contributed by atoms with Gasteiger partial charge in [-0.3, -0.25) is 4.90 Å². The van der Waals surface area contributed by atoms with Gasteiger partial charge in [-0.2, -0.15) is 0 Å². The van der Waals surface area contributed by atoms with Gasteiger partial charge in [0, 0.05) is 43.8 Å². The molecule has 112 valence electrons. The maximum Gasteiger partial charge on any atom is 0.123 e. The molecule has 0 saturated carbocycles. The first-order valence-corrected chi connectivity index (χ1v) is 7.36. The second kappa shape index (κ2) is 7.07. The zero-order valence-corrected chi connectivity index (χ0v) is 13.1. The van der Waals surface area contributed by atoms with Crippen LogP contribution in [0.3, 0.4) is 0 Å². The number of piperazine rings is 1. The van der Waals surface area contributed by atoms with Gasteiger partial charge in [-0.25, -0.2) is 0 Å². The summed E-state index contributed by atoms with van der Waals surface area (Å²) in [5.74, 6) is 0.960. The van der Waals surface area contributed by atoms with Gasteiger partial charge in [-0.1, -0.05) is 18.2 Å². The van der Waals surface area contributed by atoms with E-state index in [4.69, 9.17) is 4.74 Å². The van der Waals surface area contributed by atoms with E-state index in [9.17, 15) is 0 Å². The number of benzene rings is 1. The van der Waals surface area contributed by atoms with Crippen LogP contribution in [-0.2, 0) is 6.54 Å². The van der Waals surface area contributed by atoms with E-state index >= 15 is 0 Å². The molecule has 0 aliphatic carbocycles. The Bertz CT molecular complexity index is 424. The van der Waals surface area contributed by atoms with E-state index in [2.05, 4.69) is 48.3 Å². The Labute approximate surface area is 122 Å². The Balaban J connectivity index is 1.92. The summed E-state index contributed by atoms with van der Waals surface area (Å²) in [6.07, 6.45) is 0. The second-order valence-corrected chi connectivity index (χ2v) is 5.79. The zero-order valence-electron chi connectivity index (χ0n) is 13.1. The fourth-order valence-electron chi connectivity index (χ4n) is 2.84. The first kappa shape index (κ1) is 15.3. The van der Waals surface area contributed by atoms with E-state index in [1.807, 2.05) is 12.1 Å². The Kier molecular flexibility index (Phi) is 5.40. The standard InChI is InChI=1S/C16H27N3O/c1-13(15-12-18(2)9-10-19(15)3)17-11-14-7-5-6-8-16(14)20-4/h5-8,13,15,17H,9-12H2,1-4H3. The summed E-state index contributed by atoms with van der Waals surface area (Å²) < 4.78 is 5.40. The summed E-state index contributed by atoms with van der Waals surface area (Å²) in [6.45, 7) is 6.54. The van der Waals surface area contributed by atoms with Crippen LogP contribution in [0.2, 0.25) is 0 Å². The van der Waals surface area contributed by atoms with Crippen molar-refractivity contribution in [1.29, 1.82) is 0 Å². The summed E-state index contributed by atoms with van der Waals surface area (Å²) in [4.78, 5) is 4.87. The monoisotopic (exact) mass is 277 g/mol. The van der Waals surface area contributed by atoms with Crippen LogP contribution < -0.4 is 10.1 Å². The molecule has 1 aliphatic heterocycles. The van der Waals surface area contributed by atoms with Crippen LogP contribution in [0, 0.1) is 0 Å². The van der Waals surface area contributed by atoms with E-state index in [0.29, 0.717) is 12.1 Å². The SMILES string of the molecule is COc1ccccc1CNC(C)C1CN(C)CCN1C. The van der Waals surface area contributed by atoms with E-state index in [1.165, 1.54) is 5.56 Å². The smallest absolute Gasteiger partial charge is 0.123 e. The third kappa shape index (κ3) is 3.72. The minimum atomic E-state index is 0.452. The van der Waals surface area contributed by atoms with Crippen molar-refractivity contribution in [3.8, 4) is 5.75 Å². The predicted octanol–water partition coefficient (Wildman–Crippen LogP) is 1.42. The highest BCUT2D eigenvalue weighted by Gasteiger charge is 2.26. The number of nitrogens with zero attached hydrogens (tertiary/aromatic N) is 2. The van der Waals surface area contributed by atoms with Crippen molar-refractivity contribution in [1.82, 2.24) is 15.1 Å². The Morgan fingerprint density at radius 1 is 1.30 bits per heavy atom. The molecule has 2 atom stereocenters. The van der Waals surface area contributed by atoms with E-state index in [-0.39, 0.29) is 0 Å². The fourth-order valence-corrected chi connectivity index (χ4v) is 2.84. The summed E-state index contributed by atoms with van der Waals surface area (Å²) in [5, 5.41) is 3.65. The minimum Gasteiger partial charge on any atom is -0.496 e. The largest absolute Gasteiger partial charge is 0.496 e. The van der Waals surface area contributed by atoms with Crippen molar-refractivity contribution >= 4 is 0 Å². The molecule has 2 rings (SSSR count). The van der Waals surface area contributed by atoms with Gasteiger partial charge in [-0.05, 0) is 27.1 Å². The molecular weight excluding hydrogens is 250 g/mol. The number of likely N-dealkylation sites (N-methyl/N-ethyl adjacent to an activating group) is 2. The van der Waals surface area contributed by atoms with Gasteiger partial charge in [0.1, 0.15) is 5.75 Å². The molecule has 0 bridgehead atoms. The Hall–Kier alpha value is -1.10. The molecule has 1 fully saturated rings. The molecule has 0 aromatic heterocycles.